The van der Waals surface area contributed by atoms with E-state index in [4.69, 9.17) is 0 Å². The Hall–Kier alpha value is -1.61. The molecule has 29 heavy (non-hydrogen) atoms. The second-order valence-corrected chi connectivity index (χ2v) is 9.83. The van der Waals surface area contributed by atoms with Gasteiger partial charge in [-0.2, -0.15) is 11.8 Å². The molecule has 0 bridgehead atoms. The lowest BCUT2D eigenvalue weighted by molar-refractivity contribution is -0.152. The molecular formula is C20H28N4O3S2. The molecule has 3 amide bonds. The molecule has 2 aliphatic heterocycles. The zero-order chi connectivity index (χ0) is 20.4. The van der Waals surface area contributed by atoms with Gasteiger partial charge >= 0.3 is 0 Å². The van der Waals surface area contributed by atoms with E-state index in [0.29, 0.717) is 19.5 Å². The van der Waals surface area contributed by atoms with E-state index < -0.39 is 6.04 Å². The summed E-state index contributed by atoms with van der Waals surface area (Å²) in [4.78, 5) is 49.3. The number of hydrogen-bond donors (Lipinski definition) is 0. The van der Waals surface area contributed by atoms with Crippen LogP contribution in [0.5, 0.6) is 0 Å². The van der Waals surface area contributed by atoms with Crippen LogP contribution in [0.2, 0.25) is 0 Å². The van der Waals surface area contributed by atoms with E-state index in [0.717, 1.165) is 49.7 Å². The molecule has 1 saturated carbocycles. The number of rotatable bonds is 6. The number of hydrogen-bond acceptors (Lipinski definition) is 7. The molecule has 2 saturated heterocycles. The topological polar surface area (TPSA) is 73.8 Å². The summed E-state index contributed by atoms with van der Waals surface area (Å²) in [6.07, 6.45) is 7.86. The van der Waals surface area contributed by atoms with Crippen molar-refractivity contribution in [1.29, 1.82) is 0 Å². The van der Waals surface area contributed by atoms with Crippen LogP contribution in [0.15, 0.2) is 11.6 Å². The monoisotopic (exact) mass is 436 g/mol. The quantitative estimate of drug-likeness (QED) is 0.636. The highest BCUT2D eigenvalue weighted by Gasteiger charge is 2.52. The number of piperazine rings is 1. The Kier molecular flexibility index (Phi) is 6.44. The number of imide groups is 1. The van der Waals surface area contributed by atoms with E-state index in [-0.39, 0.29) is 29.6 Å². The van der Waals surface area contributed by atoms with Crippen LogP contribution >= 0.6 is 23.1 Å². The zero-order valence-electron chi connectivity index (χ0n) is 16.8. The van der Waals surface area contributed by atoms with Crippen molar-refractivity contribution in [3.8, 4) is 0 Å². The highest BCUT2D eigenvalue weighted by Crippen LogP contribution is 2.39. The number of thiazole rings is 1. The average Bonchev–Trinajstić information content (AvgIpc) is 3.37. The maximum absolute atomic E-state index is 13.4. The fraction of sp³-hybridized carbons (Fsp3) is 0.700. The molecule has 4 rings (SSSR count). The van der Waals surface area contributed by atoms with Crippen molar-refractivity contribution in [3.05, 3.63) is 11.6 Å². The van der Waals surface area contributed by atoms with E-state index in [2.05, 4.69) is 9.88 Å². The maximum Gasteiger partial charge on any atom is 0.246 e. The highest BCUT2D eigenvalue weighted by atomic mass is 32.2. The van der Waals surface area contributed by atoms with Crippen molar-refractivity contribution in [2.75, 3.05) is 43.1 Å². The molecule has 9 heteroatoms. The van der Waals surface area contributed by atoms with Crippen LogP contribution < -0.4 is 4.90 Å². The maximum atomic E-state index is 13.4. The van der Waals surface area contributed by atoms with Crippen LogP contribution in [-0.2, 0) is 14.4 Å². The van der Waals surface area contributed by atoms with Crippen molar-refractivity contribution in [2.45, 2.75) is 38.1 Å². The third-order valence-corrected chi connectivity index (χ3v) is 7.82. The van der Waals surface area contributed by atoms with Gasteiger partial charge in [-0.05, 0) is 31.3 Å². The Balaban J connectivity index is 1.47. The van der Waals surface area contributed by atoms with Crippen molar-refractivity contribution >= 4 is 46.0 Å². The first-order valence-electron chi connectivity index (χ1n) is 10.4. The molecule has 1 aromatic rings. The Labute approximate surface area is 179 Å². The lowest BCUT2D eigenvalue weighted by Gasteiger charge is -2.37. The third kappa shape index (κ3) is 4.03. The van der Waals surface area contributed by atoms with Crippen LogP contribution in [0, 0.1) is 11.8 Å². The Morgan fingerprint density at radius 3 is 2.38 bits per heavy atom. The first kappa shape index (κ1) is 20.7. The standard InChI is InChI=1S/C20H28N4O3S2/c1-28-12-6-16(24-17(25)14-4-2-3-5-15(14)18(24)26)19(27)22-8-10-23(11-9-22)20-21-7-13-29-20/h7,13-16H,2-6,8-12H2,1H3. The van der Waals surface area contributed by atoms with E-state index in [1.54, 1.807) is 29.3 Å². The molecule has 158 valence electrons. The molecule has 0 aromatic carbocycles. The van der Waals surface area contributed by atoms with Gasteiger partial charge in [0.05, 0.1) is 11.8 Å². The summed E-state index contributed by atoms with van der Waals surface area (Å²) in [6, 6.07) is -0.653. The van der Waals surface area contributed by atoms with Crippen LogP contribution in [0.4, 0.5) is 5.13 Å². The normalized spacial score (nSPS) is 26.0. The minimum atomic E-state index is -0.653. The van der Waals surface area contributed by atoms with Crippen molar-refractivity contribution in [1.82, 2.24) is 14.8 Å². The van der Waals surface area contributed by atoms with Gasteiger partial charge in [0.2, 0.25) is 17.7 Å². The number of aromatic nitrogens is 1. The van der Waals surface area contributed by atoms with Crippen LogP contribution in [0.3, 0.4) is 0 Å². The number of anilines is 1. The molecule has 0 N–H and O–H groups in total. The van der Waals surface area contributed by atoms with E-state index >= 15 is 0 Å². The van der Waals surface area contributed by atoms with Gasteiger partial charge in [0, 0.05) is 37.8 Å². The van der Waals surface area contributed by atoms with Crippen LogP contribution in [0.25, 0.3) is 0 Å². The van der Waals surface area contributed by atoms with E-state index in [9.17, 15) is 14.4 Å². The second-order valence-electron chi connectivity index (χ2n) is 7.97. The summed E-state index contributed by atoms with van der Waals surface area (Å²) in [6.45, 7) is 2.64. The number of carbonyl (C=O) groups excluding carboxylic acids is 3. The molecule has 3 heterocycles. The Morgan fingerprint density at radius 1 is 1.17 bits per heavy atom. The van der Waals surface area contributed by atoms with Gasteiger partial charge in [-0.15, -0.1) is 11.3 Å². The molecule has 3 atom stereocenters. The number of carbonyl (C=O) groups is 3. The summed E-state index contributed by atoms with van der Waals surface area (Å²) in [5, 5.41) is 2.93. The smallest absolute Gasteiger partial charge is 0.246 e. The Morgan fingerprint density at radius 2 is 1.83 bits per heavy atom. The summed E-state index contributed by atoms with van der Waals surface area (Å²) in [5.41, 5.74) is 0. The molecular weight excluding hydrogens is 408 g/mol. The number of likely N-dealkylation sites (tertiary alicyclic amines) is 1. The number of fused-ring (bicyclic) bond motifs is 1. The van der Waals surface area contributed by atoms with E-state index in [1.165, 1.54) is 4.90 Å². The van der Waals surface area contributed by atoms with Crippen molar-refractivity contribution in [3.63, 3.8) is 0 Å². The molecule has 1 aromatic heterocycles. The average molecular weight is 437 g/mol. The summed E-state index contributed by atoms with van der Waals surface area (Å²) in [7, 11) is 0. The zero-order valence-corrected chi connectivity index (χ0v) is 18.4. The van der Waals surface area contributed by atoms with Gasteiger partial charge in [-0.3, -0.25) is 19.3 Å². The minimum absolute atomic E-state index is 0.0711. The molecule has 3 fully saturated rings. The van der Waals surface area contributed by atoms with Gasteiger partial charge in [0.1, 0.15) is 6.04 Å². The first-order valence-corrected chi connectivity index (χ1v) is 12.7. The third-order valence-electron chi connectivity index (χ3n) is 6.35. The number of nitrogens with zero attached hydrogens (tertiary/aromatic N) is 4. The lowest BCUT2D eigenvalue weighted by Crippen LogP contribution is -2.56. The minimum Gasteiger partial charge on any atom is -0.345 e. The summed E-state index contributed by atoms with van der Waals surface area (Å²) in [5.74, 6) is 0.0477. The second kappa shape index (κ2) is 9.04. The molecule has 1 aliphatic carbocycles. The number of thioether (sulfide) groups is 1. The van der Waals surface area contributed by atoms with E-state index in [1.807, 2.05) is 16.5 Å². The van der Waals surface area contributed by atoms with Gasteiger partial charge in [0.25, 0.3) is 0 Å². The molecule has 0 spiro atoms. The van der Waals surface area contributed by atoms with Gasteiger partial charge in [0.15, 0.2) is 5.13 Å². The Bertz CT molecular complexity index is 725. The predicted molar refractivity (Wildman–Crippen MR) is 115 cm³/mol. The lowest BCUT2D eigenvalue weighted by atomic mass is 9.81. The summed E-state index contributed by atoms with van der Waals surface area (Å²) < 4.78 is 0. The highest BCUT2D eigenvalue weighted by molar-refractivity contribution is 7.98. The fourth-order valence-corrected chi connectivity index (χ4v) is 5.94. The van der Waals surface area contributed by atoms with Crippen molar-refractivity contribution in [2.24, 2.45) is 11.8 Å². The number of amides is 3. The van der Waals surface area contributed by atoms with Crippen LogP contribution in [0.1, 0.15) is 32.1 Å². The SMILES string of the molecule is CSCCC(C(=O)N1CCN(c2nccs2)CC1)N1C(=O)C2CCCCC2C1=O. The first-order chi connectivity index (χ1) is 14.1. The summed E-state index contributed by atoms with van der Waals surface area (Å²) >= 11 is 3.24. The molecule has 0 radical (unpaired) electrons. The van der Waals surface area contributed by atoms with Crippen molar-refractivity contribution < 1.29 is 14.4 Å². The van der Waals surface area contributed by atoms with Crippen LogP contribution in [-0.4, -0.2) is 76.7 Å². The molecule has 3 unspecified atom stereocenters. The van der Waals surface area contributed by atoms with Gasteiger partial charge in [-0.1, -0.05) is 12.8 Å². The molecule has 7 nitrogen and oxygen atoms in total. The fourth-order valence-electron chi connectivity index (χ4n) is 4.79. The van der Waals surface area contributed by atoms with Gasteiger partial charge < -0.3 is 9.80 Å². The molecule has 3 aliphatic rings. The largest absolute Gasteiger partial charge is 0.345 e. The predicted octanol–water partition coefficient (Wildman–Crippen LogP) is 2.09. The van der Waals surface area contributed by atoms with Gasteiger partial charge in [-0.25, -0.2) is 4.98 Å².